The van der Waals surface area contributed by atoms with Crippen molar-refractivity contribution < 1.29 is 0 Å². The van der Waals surface area contributed by atoms with Crippen molar-refractivity contribution in [2.24, 2.45) is 11.1 Å². The molecular formula is C15H24N2. The summed E-state index contributed by atoms with van der Waals surface area (Å²) >= 11 is 0. The van der Waals surface area contributed by atoms with Crippen LogP contribution >= 0.6 is 0 Å². The monoisotopic (exact) mass is 232 g/mol. The third kappa shape index (κ3) is 2.32. The van der Waals surface area contributed by atoms with E-state index >= 15 is 0 Å². The van der Waals surface area contributed by atoms with E-state index in [1.807, 2.05) is 0 Å². The molecule has 17 heavy (non-hydrogen) atoms. The van der Waals surface area contributed by atoms with E-state index in [2.05, 4.69) is 49.9 Å². The standard InChI is InChI=1S/C15H24N2/c1-4-15(3,10-16)11-17-12(2)9-13-7-5-6-8-14(13)17/h5-8,12H,4,9-11,16H2,1-3H3. The Morgan fingerprint density at radius 2 is 2.12 bits per heavy atom. The number of hydrogen-bond acceptors (Lipinski definition) is 2. The lowest BCUT2D eigenvalue weighted by molar-refractivity contribution is 0.319. The van der Waals surface area contributed by atoms with E-state index in [4.69, 9.17) is 5.73 Å². The minimum atomic E-state index is 0.228. The van der Waals surface area contributed by atoms with E-state index in [0.717, 1.165) is 19.5 Å². The van der Waals surface area contributed by atoms with Crippen molar-refractivity contribution in [1.82, 2.24) is 0 Å². The van der Waals surface area contributed by atoms with Gasteiger partial charge in [0.1, 0.15) is 0 Å². The fraction of sp³-hybridized carbons (Fsp3) is 0.600. The van der Waals surface area contributed by atoms with Crippen LogP contribution in [0.4, 0.5) is 5.69 Å². The zero-order valence-electron chi connectivity index (χ0n) is 11.2. The van der Waals surface area contributed by atoms with Gasteiger partial charge in [0.25, 0.3) is 0 Å². The smallest absolute Gasteiger partial charge is 0.0402 e. The van der Waals surface area contributed by atoms with Gasteiger partial charge in [-0.15, -0.1) is 0 Å². The quantitative estimate of drug-likeness (QED) is 0.865. The molecule has 1 aliphatic heterocycles. The zero-order valence-corrected chi connectivity index (χ0v) is 11.2. The SMILES string of the molecule is CCC(C)(CN)CN1c2ccccc2CC1C. The van der Waals surface area contributed by atoms with E-state index < -0.39 is 0 Å². The number of hydrogen-bond donors (Lipinski definition) is 1. The van der Waals surface area contributed by atoms with Crippen LogP contribution in [0.15, 0.2) is 24.3 Å². The average molecular weight is 232 g/mol. The maximum absolute atomic E-state index is 5.93. The minimum Gasteiger partial charge on any atom is -0.368 e. The van der Waals surface area contributed by atoms with Crippen LogP contribution in [0.2, 0.25) is 0 Å². The van der Waals surface area contributed by atoms with Crippen molar-refractivity contribution in [3.63, 3.8) is 0 Å². The first kappa shape index (κ1) is 12.4. The lowest BCUT2D eigenvalue weighted by Gasteiger charge is -2.35. The van der Waals surface area contributed by atoms with Crippen LogP contribution in [0.25, 0.3) is 0 Å². The number of nitrogens with zero attached hydrogens (tertiary/aromatic N) is 1. The first-order chi connectivity index (χ1) is 8.09. The normalized spacial score (nSPS) is 22.4. The van der Waals surface area contributed by atoms with Gasteiger partial charge in [0.2, 0.25) is 0 Å². The Hall–Kier alpha value is -1.02. The Kier molecular flexibility index (Phi) is 3.43. The molecule has 2 nitrogen and oxygen atoms in total. The second-order valence-electron chi connectivity index (χ2n) is 5.68. The highest BCUT2D eigenvalue weighted by Gasteiger charge is 2.31. The topological polar surface area (TPSA) is 29.3 Å². The summed E-state index contributed by atoms with van der Waals surface area (Å²) in [5.74, 6) is 0. The molecule has 2 atom stereocenters. The molecule has 0 spiro atoms. The molecule has 2 unspecified atom stereocenters. The highest BCUT2D eigenvalue weighted by molar-refractivity contribution is 5.59. The summed E-state index contributed by atoms with van der Waals surface area (Å²) in [5, 5.41) is 0. The van der Waals surface area contributed by atoms with E-state index in [1.165, 1.54) is 17.7 Å². The molecule has 0 aliphatic carbocycles. The molecule has 0 radical (unpaired) electrons. The molecule has 0 saturated heterocycles. The van der Waals surface area contributed by atoms with E-state index in [0.29, 0.717) is 6.04 Å². The molecule has 94 valence electrons. The van der Waals surface area contributed by atoms with Crippen molar-refractivity contribution in [2.45, 2.75) is 39.7 Å². The molecular weight excluding hydrogens is 208 g/mol. The second-order valence-corrected chi connectivity index (χ2v) is 5.68. The summed E-state index contributed by atoms with van der Waals surface area (Å²) in [6, 6.07) is 9.36. The number of fused-ring (bicyclic) bond motifs is 1. The van der Waals surface area contributed by atoms with Gasteiger partial charge in [-0.05, 0) is 43.4 Å². The van der Waals surface area contributed by atoms with Gasteiger partial charge in [0.05, 0.1) is 0 Å². The van der Waals surface area contributed by atoms with Gasteiger partial charge in [-0.25, -0.2) is 0 Å². The fourth-order valence-corrected chi connectivity index (χ4v) is 2.60. The number of rotatable bonds is 4. The van der Waals surface area contributed by atoms with Crippen LogP contribution < -0.4 is 10.6 Å². The molecule has 0 bridgehead atoms. The third-order valence-electron chi connectivity index (χ3n) is 4.25. The number of para-hydroxylation sites is 1. The van der Waals surface area contributed by atoms with Crippen molar-refractivity contribution in [3.8, 4) is 0 Å². The molecule has 1 aliphatic rings. The van der Waals surface area contributed by atoms with Crippen LogP contribution in [0.3, 0.4) is 0 Å². The van der Waals surface area contributed by atoms with Gasteiger partial charge < -0.3 is 10.6 Å². The van der Waals surface area contributed by atoms with Gasteiger partial charge in [0.15, 0.2) is 0 Å². The largest absolute Gasteiger partial charge is 0.368 e. The van der Waals surface area contributed by atoms with Crippen molar-refractivity contribution in [2.75, 3.05) is 18.0 Å². The predicted octanol–water partition coefficient (Wildman–Crippen LogP) is 2.81. The van der Waals surface area contributed by atoms with Crippen LogP contribution in [0.1, 0.15) is 32.8 Å². The molecule has 0 aromatic heterocycles. The van der Waals surface area contributed by atoms with Gasteiger partial charge in [-0.1, -0.05) is 32.0 Å². The summed E-state index contributed by atoms with van der Waals surface area (Å²) in [7, 11) is 0. The molecule has 2 rings (SSSR count). The van der Waals surface area contributed by atoms with E-state index in [9.17, 15) is 0 Å². The molecule has 1 heterocycles. The Morgan fingerprint density at radius 1 is 1.41 bits per heavy atom. The Labute approximate surface area is 105 Å². The van der Waals surface area contributed by atoms with E-state index in [1.54, 1.807) is 0 Å². The van der Waals surface area contributed by atoms with Crippen molar-refractivity contribution >= 4 is 5.69 Å². The Balaban J connectivity index is 2.22. The number of nitrogens with two attached hydrogens (primary N) is 1. The van der Waals surface area contributed by atoms with Crippen LogP contribution in [0, 0.1) is 5.41 Å². The third-order valence-corrected chi connectivity index (χ3v) is 4.25. The Bertz CT molecular complexity index is 382. The predicted molar refractivity (Wildman–Crippen MR) is 74.4 cm³/mol. The fourth-order valence-electron chi connectivity index (χ4n) is 2.60. The second kappa shape index (κ2) is 4.69. The molecule has 2 heteroatoms. The lowest BCUT2D eigenvalue weighted by Crippen LogP contribution is -2.42. The van der Waals surface area contributed by atoms with Gasteiger partial charge >= 0.3 is 0 Å². The molecule has 2 N–H and O–H groups in total. The van der Waals surface area contributed by atoms with Crippen LogP contribution in [-0.4, -0.2) is 19.1 Å². The summed E-state index contributed by atoms with van der Waals surface area (Å²) in [6.45, 7) is 8.67. The highest BCUT2D eigenvalue weighted by Crippen LogP contribution is 2.35. The number of anilines is 1. The van der Waals surface area contributed by atoms with Gasteiger partial charge in [0, 0.05) is 18.3 Å². The summed E-state index contributed by atoms with van der Waals surface area (Å²) in [5.41, 5.74) is 9.05. The average Bonchev–Trinajstić information content (AvgIpc) is 2.66. The summed E-state index contributed by atoms with van der Waals surface area (Å²) in [6.07, 6.45) is 2.30. The first-order valence-corrected chi connectivity index (χ1v) is 6.64. The lowest BCUT2D eigenvalue weighted by atomic mass is 9.87. The molecule has 1 aromatic carbocycles. The first-order valence-electron chi connectivity index (χ1n) is 6.64. The van der Waals surface area contributed by atoms with Crippen molar-refractivity contribution in [3.05, 3.63) is 29.8 Å². The summed E-state index contributed by atoms with van der Waals surface area (Å²) in [4.78, 5) is 2.53. The maximum atomic E-state index is 5.93. The molecule has 0 saturated carbocycles. The van der Waals surface area contributed by atoms with Gasteiger partial charge in [-0.3, -0.25) is 0 Å². The molecule has 0 fully saturated rings. The Morgan fingerprint density at radius 3 is 2.76 bits per heavy atom. The molecule has 0 amide bonds. The minimum absolute atomic E-state index is 0.228. The number of benzene rings is 1. The van der Waals surface area contributed by atoms with Crippen molar-refractivity contribution in [1.29, 1.82) is 0 Å². The summed E-state index contributed by atoms with van der Waals surface area (Å²) < 4.78 is 0. The van der Waals surface area contributed by atoms with Crippen LogP contribution in [0.5, 0.6) is 0 Å². The zero-order chi connectivity index (χ0) is 12.5. The maximum Gasteiger partial charge on any atom is 0.0402 e. The highest BCUT2D eigenvalue weighted by atomic mass is 15.2. The van der Waals surface area contributed by atoms with Crippen LogP contribution in [-0.2, 0) is 6.42 Å². The van der Waals surface area contributed by atoms with Gasteiger partial charge in [-0.2, -0.15) is 0 Å². The van der Waals surface area contributed by atoms with E-state index in [-0.39, 0.29) is 5.41 Å². The molecule has 1 aromatic rings.